The average Bonchev–Trinajstić information content (AvgIpc) is 2.41. The highest BCUT2D eigenvalue weighted by atomic mass is 14.7. The van der Waals surface area contributed by atoms with Crippen molar-refractivity contribution >= 4 is 11.3 Å². The van der Waals surface area contributed by atoms with Crippen LogP contribution in [-0.4, -0.2) is 12.8 Å². The first kappa shape index (κ1) is 15.7. The summed E-state index contributed by atoms with van der Waals surface area (Å²) >= 11 is 0. The van der Waals surface area contributed by atoms with Gasteiger partial charge in [0.1, 0.15) is 0 Å². The van der Waals surface area contributed by atoms with Crippen molar-refractivity contribution in [3.05, 3.63) is 41.0 Å². The molecule has 0 spiro atoms. The summed E-state index contributed by atoms with van der Waals surface area (Å²) < 4.78 is 0. The van der Waals surface area contributed by atoms with E-state index in [1.54, 1.807) is 0 Å². The zero-order valence-corrected chi connectivity index (χ0v) is 13.2. The number of allylic oxidation sites excluding steroid dienone is 2. The van der Waals surface area contributed by atoms with Crippen molar-refractivity contribution in [2.45, 2.75) is 53.4 Å². The molecule has 106 valence electrons. The molecule has 1 aromatic rings. The van der Waals surface area contributed by atoms with E-state index in [-0.39, 0.29) is 1.43 Å². The maximum atomic E-state index is 4.34. The van der Waals surface area contributed by atoms with Gasteiger partial charge in [0.05, 0.1) is 0 Å². The predicted octanol–water partition coefficient (Wildman–Crippen LogP) is 5.72. The smallest absolute Gasteiger partial charge is 0.0391 e. The summed E-state index contributed by atoms with van der Waals surface area (Å²) in [7, 11) is 1.86. The Bertz CT molecular complexity index is 461. The quantitative estimate of drug-likeness (QED) is 0.600. The lowest BCUT2D eigenvalue weighted by molar-refractivity contribution is 0.642. The van der Waals surface area contributed by atoms with Gasteiger partial charge in [-0.2, -0.15) is 0 Å². The molecular formula is C18H29N. The van der Waals surface area contributed by atoms with E-state index < -0.39 is 0 Å². The van der Waals surface area contributed by atoms with E-state index in [0.29, 0.717) is 5.92 Å². The number of hydrogen-bond donors (Lipinski definition) is 0. The Morgan fingerprint density at radius 1 is 1.05 bits per heavy atom. The molecule has 0 aliphatic heterocycles. The van der Waals surface area contributed by atoms with Gasteiger partial charge >= 0.3 is 0 Å². The maximum absolute atomic E-state index is 4.34. The molecule has 0 N–H and O–H groups in total. The van der Waals surface area contributed by atoms with Crippen molar-refractivity contribution in [3.63, 3.8) is 0 Å². The number of rotatable bonds is 5. The summed E-state index contributed by atoms with van der Waals surface area (Å²) in [6.07, 6.45) is 2.42. The average molecular weight is 259 g/mol. The minimum atomic E-state index is 0. The maximum Gasteiger partial charge on any atom is 0.0391 e. The van der Waals surface area contributed by atoms with E-state index in [1.807, 2.05) is 7.05 Å². The molecule has 0 atom stereocenters. The van der Waals surface area contributed by atoms with Crippen molar-refractivity contribution in [2.75, 3.05) is 7.05 Å². The molecule has 0 radical (unpaired) electrons. The summed E-state index contributed by atoms with van der Waals surface area (Å²) in [6.45, 7) is 10.9. The molecule has 1 aromatic carbocycles. The van der Waals surface area contributed by atoms with Crippen LogP contribution >= 0.6 is 0 Å². The molecule has 0 fully saturated rings. The van der Waals surface area contributed by atoms with Crippen LogP contribution in [0.1, 0.15) is 65.9 Å². The molecule has 1 nitrogen and oxygen atoms in total. The normalized spacial score (nSPS) is 11.8. The monoisotopic (exact) mass is 259 g/mol. The van der Waals surface area contributed by atoms with Crippen molar-refractivity contribution in [1.29, 1.82) is 0 Å². The molecule has 1 rings (SSSR count). The second-order valence-corrected chi connectivity index (χ2v) is 5.32. The molecular weight excluding hydrogens is 230 g/mol. The van der Waals surface area contributed by atoms with E-state index in [0.717, 1.165) is 5.71 Å². The van der Waals surface area contributed by atoms with Crippen molar-refractivity contribution < 1.29 is 1.43 Å². The fourth-order valence-electron chi connectivity index (χ4n) is 2.65. The Morgan fingerprint density at radius 3 is 1.95 bits per heavy atom. The van der Waals surface area contributed by atoms with Gasteiger partial charge in [-0.05, 0) is 50.7 Å². The molecule has 0 amide bonds. The molecule has 0 saturated carbocycles. The van der Waals surface area contributed by atoms with Gasteiger partial charge in [0.15, 0.2) is 0 Å². The molecule has 1 heteroatoms. The molecule has 0 saturated heterocycles. The van der Waals surface area contributed by atoms with E-state index >= 15 is 0 Å². The standard InChI is InChI=1S/C18H27N.H2/c1-7-15(8-2)16-9-11-17(12-10-16)18(13(3)4)14(5)19-6;/h9-12,15H,7-8H2,1-6H3;1H. The first-order valence-electron chi connectivity index (χ1n) is 7.26. The minimum Gasteiger partial charge on any atom is -0.293 e. The highest BCUT2D eigenvalue weighted by molar-refractivity contribution is 6.23. The summed E-state index contributed by atoms with van der Waals surface area (Å²) in [4.78, 5) is 4.34. The van der Waals surface area contributed by atoms with Crippen LogP contribution in [0.15, 0.2) is 34.8 Å². The lowest BCUT2D eigenvalue weighted by Gasteiger charge is -2.15. The number of nitrogens with zero attached hydrogens (tertiary/aromatic N) is 1. The van der Waals surface area contributed by atoms with Crippen LogP contribution in [0.4, 0.5) is 0 Å². The molecule has 0 unspecified atom stereocenters. The van der Waals surface area contributed by atoms with Crippen molar-refractivity contribution in [2.24, 2.45) is 4.99 Å². The van der Waals surface area contributed by atoms with Gasteiger partial charge < -0.3 is 0 Å². The molecule has 0 heterocycles. The van der Waals surface area contributed by atoms with E-state index in [9.17, 15) is 0 Å². The Morgan fingerprint density at radius 2 is 1.58 bits per heavy atom. The molecule has 0 aliphatic rings. The lowest BCUT2D eigenvalue weighted by Crippen LogP contribution is -2.01. The van der Waals surface area contributed by atoms with E-state index in [4.69, 9.17) is 0 Å². The van der Waals surface area contributed by atoms with E-state index in [2.05, 4.69) is 63.9 Å². The first-order chi connectivity index (χ1) is 9.04. The molecule has 19 heavy (non-hydrogen) atoms. The lowest BCUT2D eigenvalue weighted by atomic mass is 9.91. The fourth-order valence-corrected chi connectivity index (χ4v) is 2.65. The van der Waals surface area contributed by atoms with Crippen LogP contribution in [0, 0.1) is 0 Å². The summed E-state index contributed by atoms with van der Waals surface area (Å²) in [5.74, 6) is 0.685. The highest BCUT2D eigenvalue weighted by Gasteiger charge is 2.10. The van der Waals surface area contributed by atoms with Crippen molar-refractivity contribution in [1.82, 2.24) is 0 Å². The summed E-state index contributed by atoms with van der Waals surface area (Å²) in [5.41, 5.74) is 6.43. The van der Waals surface area contributed by atoms with Crippen LogP contribution < -0.4 is 0 Å². The summed E-state index contributed by atoms with van der Waals surface area (Å²) in [6, 6.07) is 9.03. The van der Waals surface area contributed by atoms with Crippen LogP contribution in [0.25, 0.3) is 5.57 Å². The minimum absolute atomic E-state index is 0. The molecule has 0 aromatic heterocycles. The van der Waals surface area contributed by atoms with E-state index in [1.165, 1.54) is 35.1 Å². The van der Waals surface area contributed by atoms with Gasteiger partial charge in [0, 0.05) is 19.8 Å². The molecule has 0 aliphatic carbocycles. The van der Waals surface area contributed by atoms with Gasteiger partial charge in [0.2, 0.25) is 0 Å². The first-order valence-corrected chi connectivity index (χ1v) is 7.26. The number of aliphatic imine (C=N–C) groups is 1. The Kier molecular flexibility index (Phi) is 6.01. The second kappa shape index (κ2) is 7.28. The third-order valence-electron chi connectivity index (χ3n) is 3.85. The Balaban J connectivity index is 0.00000361. The summed E-state index contributed by atoms with van der Waals surface area (Å²) in [5, 5.41) is 0. The third-order valence-corrected chi connectivity index (χ3v) is 3.85. The highest BCUT2D eigenvalue weighted by Crippen LogP contribution is 2.26. The topological polar surface area (TPSA) is 12.4 Å². The largest absolute Gasteiger partial charge is 0.293 e. The van der Waals surface area contributed by atoms with Gasteiger partial charge in [0.25, 0.3) is 0 Å². The molecule has 0 bridgehead atoms. The third kappa shape index (κ3) is 3.79. The van der Waals surface area contributed by atoms with Gasteiger partial charge in [-0.15, -0.1) is 0 Å². The number of hydrogen-bond acceptors (Lipinski definition) is 1. The van der Waals surface area contributed by atoms with Gasteiger partial charge in [-0.1, -0.05) is 43.7 Å². The zero-order chi connectivity index (χ0) is 14.4. The van der Waals surface area contributed by atoms with Crippen molar-refractivity contribution in [3.8, 4) is 0 Å². The zero-order valence-electron chi connectivity index (χ0n) is 13.2. The van der Waals surface area contributed by atoms with Crippen LogP contribution in [0.2, 0.25) is 0 Å². The number of benzene rings is 1. The van der Waals surface area contributed by atoms with Crippen LogP contribution in [-0.2, 0) is 0 Å². The second-order valence-electron chi connectivity index (χ2n) is 5.32. The van der Waals surface area contributed by atoms with Gasteiger partial charge in [-0.3, -0.25) is 4.99 Å². The Hall–Kier alpha value is -1.37. The van der Waals surface area contributed by atoms with Crippen LogP contribution in [0.3, 0.4) is 0 Å². The predicted molar refractivity (Wildman–Crippen MR) is 89.2 cm³/mol. The fraction of sp³-hybridized carbons (Fsp3) is 0.500. The Labute approximate surface area is 120 Å². The SMILES string of the molecule is CCC(CC)c1ccc(C(C(C)=NC)=C(C)C)cc1.[HH]. The van der Waals surface area contributed by atoms with Crippen LogP contribution in [0.5, 0.6) is 0 Å². The van der Waals surface area contributed by atoms with Gasteiger partial charge in [-0.25, -0.2) is 0 Å².